The first-order chi connectivity index (χ1) is 18.1. The SMILES string of the molecule is N#Cc1cncc(COc2cc(OCc3cccc(-c4ccccc4F)c3Cl)ccc2CNCCO)c1. The Morgan fingerprint density at radius 3 is 2.59 bits per heavy atom. The molecule has 0 spiro atoms. The van der Waals surface area contributed by atoms with Crippen LogP contribution in [-0.2, 0) is 19.8 Å². The normalized spacial score (nSPS) is 10.6. The van der Waals surface area contributed by atoms with Gasteiger partial charge in [-0.2, -0.15) is 5.26 Å². The van der Waals surface area contributed by atoms with Crippen molar-refractivity contribution in [3.8, 4) is 28.7 Å². The maximum Gasteiger partial charge on any atom is 0.131 e. The smallest absolute Gasteiger partial charge is 0.131 e. The third-order valence-corrected chi connectivity index (χ3v) is 6.04. The summed E-state index contributed by atoms with van der Waals surface area (Å²) < 4.78 is 26.4. The molecule has 0 amide bonds. The first-order valence-corrected chi connectivity index (χ1v) is 12.0. The van der Waals surface area contributed by atoms with Crippen LogP contribution >= 0.6 is 11.6 Å². The molecule has 0 aliphatic heterocycles. The Balaban J connectivity index is 1.52. The van der Waals surface area contributed by atoms with E-state index in [1.54, 1.807) is 42.6 Å². The maximum absolute atomic E-state index is 14.3. The Morgan fingerprint density at radius 2 is 1.78 bits per heavy atom. The zero-order valence-electron chi connectivity index (χ0n) is 20.0. The molecular weight excluding hydrogens is 493 g/mol. The largest absolute Gasteiger partial charge is 0.489 e. The van der Waals surface area contributed by atoms with E-state index in [1.165, 1.54) is 12.3 Å². The van der Waals surface area contributed by atoms with Gasteiger partial charge in [0, 0.05) is 59.4 Å². The van der Waals surface area contributed by atoms with Gasteiger partial charge in [-0.05, 0) is 18.2 Å². The molecule has 0 radical (unpaired) electrons. The molecule has 4 aromatic rings. The molecule has 1 aromatic heterocycles. The van der Waals surface area contributed by atoms with Gasteiger partial charge in [-0.25, -0.2) is 4.39 Å². The monoisotopic (exact) mass is 517 g/mol. The first-order valence-electron chi connectivity index (χ1n) is 11.7. The quantitative estimate of drug-likeness (QED) is 0.250. The highest BCUT2D eigenvalue weighted by Crippen LogP contribution is 2.33. The van der Waals surface area contributed by atoms with Crippen LogP contribution in [0.25, 0.3) is 11.1 Å². The fourth-order valence-electron chi connectivity index (χ4n) is 3.74. The van der Waals surface area contributed by atoms with Crippen LogP contribution in [0.3, 0.4) is 0 Å². The minimum atomic E-state index is -0.342. The standard InChI is InChI=1S/C29H25ClFN3O3/c30-29-23(4-3-6-26(29)25-5-1-2-7-27(25)31)19-36-24-9-8-22(17-33-10-11-35)28(13-24)37-18-21-12-20(14-32)15-34-16-21/h1-9,12-13,15-16,33,35H,10-11,17-19H2. The molecule has 0 aliphatic carbocycles. The minimum absolute atomic E-state index is 0.0245. The van der Waals surface area contributed by atoms with E-state index in [1.807, 2.05) is 24.3 Å². The number of aliphatic hydroxyl groups is 1. The first kappa shape index (κ1) is 26.1. The molecule has 4 rings (SSSR count). The number of aliphatic hydroxyl groups excluding tert-OH is 1. The number of benzene rings is 3. The van der Waals surface area contributed by atoms with E-state index >= 15 is 0 Å². The fraction of sp³-hybridized carbons (Fsp3) is 0.172. The number of rotatable bonds is 11. The topological polar surface area (TPSA) is 87.4 Å². The summed E-state index contributed by atoms with van der Waals surface area (Å²) in [5.74, 6) is 0.818. The lowest BCUT2D eigenvalue weighted by Gasteiger charge is -2.15. The number of nitrogens with one attached hydrogen (secondary N) is 1. The highest BCUT2D eigenvalue weighted by molar-refractivity contribution is 6.34. The van der Waals surface area contributed by atoms with Crippen LogP contribution in [0.4, 0.5) is 4.39 Å². The number of nitrogens with zero attached hydrogens (tertiary/aromatic N) is 2. The molecule has 0 fully saturated rings. The number of nitriles is 1. The van der Waals surface area contributed by atoms with Gasteiger partial charge >= 0.3 is 0 Å². The van der Waals surface area contributed by atoms with E-state index in [2.05, 4.69) is 16.4 Å². The zero-order chi connectivity index (χ0) is 26.0. The van der Waals surface area contributed by atoms with Gasteiger partial charge in [0.1, 0.15) is 36.6 Å². The van der Waals surface area contributed by atoms with Crippen molar-refractivity contribution in [2.24, 2.45) is 0 Å². The van der Waals surface area contributed by atoms with Crippen LogP contribution < -0.4 is 14.8 Å². The van der Waals surface area contributed by atoms with E-state index in [0.29, 0.717) is 46.3 Å². The molecule has 0 bridgehead atoms. The molecule has 0 unspecified atom stereocenters. The number of aromatic nitrogens is 1. The summed E-state index contributed by atoms with van der Waals surface area (Å²) in [7, 11) is 0. The Kier molecular flexibility index (Phi) is 9.06. The third kappa shape index (κ3) is 6.83. The molecule has 3 aromatic carbocycles. The van der Waals surface area contributed by atoms with Crippen molar-refractivity contribution in [2.75, 3.05) is 13.2 Å². The Morgan fingerprint density at radius 1 is 0.946 bits per heavy atom. The number of pyridine rings is 1. The summed E-state index contributed by atoms with van der Waals surface area (Å²) in [6, 6.07) is 21.2. The predicted molar refractivity (Wildman–Crippen MR) is 140 cm³/mol. The highest BCUT2D eigenvalue weighted by atomic mass is 35.5. The van der Waals surface area contributed by atoms with Crippen molar-refractivity contribution < 1.29 is 19.0 Å². The van der Waals surface area contributed by atoms with Crippen LogP contribution in [0.1, 0.15) is 22.3 Å². The van der Waals surface area contributed by atoms with E-state index in [9.17, 15) is 4.39 Å². The van der Waals surface area contributed by atoms with Crippen molar-refractivity contribution in [3.63, 3.8) is 0 Å². The summed E-state index contributed by atoms with van der Waals surface area (Å²) in [5.41, 5.74) is 3.85. The molecule has 37 heavy (non-hydrogen) atoms. The van der Waals surface area contributed by atoms with Gasteiger partial charge in [0.15, 0.2) is 0 Å². The summed E-state index contributed by atoms with van der Waals surface area (Å²) in [6.07, 6.45) is 3.14. The Hall–Kier alpha value is -3.96. The Bertz CT molecular complexity index is 1410. The second-order valence-corrected chi connectivity index (χ2v) is 8.58. The molecule has 188 valence electrons. The second-order valence-electron chi connectivity index (χ2n) is 8.20. The molecule has 0 saturated heterocycles. The van der Waals surface area contributed by atoms with Gasteiger partial charge in [-0.1, -0.05) is 54.1 Å². The number of hydrogen-bond donors (Lipinski definition) is 2. The molecule has 0 saturated carbocycles. The van der Waals surface area contributed by atoms with Gasteiger partial charge in [-0.15, -0.1) is 0 Å². The summed E-state index contributed by atoms with van der Waals surface area (Å²) >= 11 is 6.62. The molecule has 8 heteroatoms. The van der Waals surface area contributed by atoms with E-state index in [0.717, 1.165) is 16.7 Å². The van der Waals surface area contributed by atoms with Crippen LogP contribution in [0.2, 0.25) is 5.02 Å². The van der Waals surface area contributed by atoms with Crippen LogP contribution in [0.5, 0.6) is 11.5 Å². The van der Waals surface area contributed by atoms with Crippen molar-refractivity contribution in [1.82, 2.24) is 10.3 Å². The minimum Gasteiger partial charge on any atom is -0.489 e. The fourth-order valence-corrected chi connectivity index (χ4v) is 4.02. The van der Waals surface area contributed by atoms with Gasteiger partial charge in [0.05, 0.1) is 17.2 Å². The van der Waals surface area contributed by atoms with Gasteiger partial charge in [0.25, 0.3) is 0 Å². The molecule has 6 nitrogen and oxygen atoms in total. The average Bonchev–Trinajstić information content (AvgIpc) is 2.93. The average molecular weight is 518 g/mol. The zero-order valence-corrected chi connectivity index (χ0v) is 20.7. The summed E-state index contributed by atoms with van der Waals surface area (Å²) in [6.45, 7) is 1.36. The summed E-state index contributed by atoms with van der Waals surface area (Å²) in [4.78, 5) is 4.07. The van der Waals surface area contributed by atoms with Crippen LogP contribution in [0, 0.1) is 17.1 Å². The second kappa shape index (κ2) is 12.8. The van der Waals surface area contributed by atoms with E-state index in [4.69, 9.17) is 31.4 Å². The summed E-state index contributed by atoms with van der Waals surface area (Å²) in [5, 5.41) is 21.8. The van der Waals surface area contributed by atoms with Crippen LogP contribution in [0.15, 0.2) is 79.1 Å². The van der Waals surface area contributed by atoms with Crippen molar-refractivity contribution in [1.29, 1.82) is 5.26 Å². The van der Waals surface area contributed by atoms with Crippen molar-refractivity contribution >= 4 is 11.6 Å². The third-order valence-electron chi connectivity index (χ3n) is 5.60. The maximum atomic E-state index is 14.3. The van der Waals surface area contributed by atoms with Gasteiger partial charge in [-0.3, -0.25) is 4.98 Å². The van der Waals surface area contributed by atoms with E-state index in [-0.39, 0.29) is 25.6 Å². The lowest BCUT2D eigenvalue weighted by Crippen LogP contribution is -2.18. The van der Waals surface area contributed by atoms with Gasteiger partial charge < -0.3 is 19.9 Å². The van der Waals surface area contributed by atoms with Crippen molar-refractivity contribution in [3.05, 3.63) is 112 Å². The number of hydrogen-bond acceptors (Lipinski definition) is 6. The Labute approximate surface area is 219 Å². The number of ether oxygens (including phenoxy) is 2. The van der Waals surface area contributed by atoms with Crippen LogP contribution in [-0.4, -0.2) is 23.2 Å². The molecule has 2 N–H and O–H groups in total. The molecule has 1 heterocycles. The van der Waals surface area contributed by atoms with Gasteiger partial charge in [0.2, 0.25) is 0 Å². The lowest BCUT2D eigenvalue weighted by molar-refractivity contribution is 0.282. The van der Waals surface area contributed by atoms with Crippen molar-refractivity contribution in [2.45, 2.75) is 19.8 Å². The number of halogens is 2. The lowest BCUT2D eigenvalue weighted by atomic mass is 10.0. The highest BCUT2D eigenvalue weighted by Gasteiger charge is 2.13. The molecular formula is C29H25ClFN3O3. The molecule has 0 atom stereocenters. The predicted octanol–water partition coefficient (Wildman–Crippen LogP) is 5.65. The molecule has 0 aliphatic rings. The van der Waals surface area contributed by atoms with E-state index < -0.39 is 0 Å².